The van der Waals surface area contributed by atoms with Gasteiger partial charge in [-0.25, -0.2) is 4.68 Å². The maximum atomic E-state index is 12.6. The highest BCUT2D eigenvalue weighted by Gasteiger charge is 2.35. The normalized spacial score (nSPS) is 16.4. The van der Waals surface area contributed by atoms with Crippen LogP contribution in [-0.2, 0) is 9.59 Å². The zero-order valence-electron chi connectivity index (χ0n) is 15.4. The molecule has 28 heavy (non-hydrogen) atoms. The van der Waals surface area contributed by atoms with Gasteiger partial charge in [-0.2, -0.15) is 5.10 Å². The largest absolute Gasteiger partial charge is 0.312 e. The van der Waals surface area contributed by atoms with Crippen LogP contribution in [0.2, 0.25) is 0 Å². The number of carbonyl (C=O) groups is 2. The zero-order chi connectivity index (χ0) is 19.5. The summed E-state index contributed by atoms with van der Waals surface area (Å²) in [5.74, 6) is -0.138. The third-order valence-corrected chi connectivity index (χ3v) is 5.48. The van der Waals surface area contributed by atoms with E-state index in [-0.39, 0.29) is 18.2 Å². The molecule has 0 bridgehead atoms. The number of amides is 2. The first-order valence-electron chi connectivity index (χ1n) is 9.00. The summed E-state index contributed by atoms with van der Waals surface area (Å²) in [6.07, 6.45) is 4.01. The summed E-state index contributed by atoms with van der Waals surface area (Å²) >= 11 is 1.65. The molecule has 4 rings (SSSR count). The zero-order valence-corrected chi connectivity index (χ0v) is 16.2. The van der Waals surface area contributed by atoms with Crippen molar-refractivity contribution in [3.63, 3.8) is 0 Å². The lowest BCUT2D eigenvalue weighted by Crippen LogP contribution is -2.28. The second-order valence-corrected chi connectivity index (χ2v) is 7.45. The molecule has 0 aliphatic carbocycles. The molecular weight excluding hydrogens is 372 g/mol. The average molecular weight is 392 g/mol. The number of para-hydroxylation sites is 1. The summed E-state index contributed by atoms with van der Waals surface area (Å²) in [4.78, 5) is 27.9. The molecule has 1 aliphatic heterocycles. The molecule has 0 saturated carbocycles. The van der Waals surface area contributed by atoms with Gasteiger partial charge in [0.25, 0.3) is 0 Å². The number of hydrogen-bond acceptors (Lipinski definition) is 4. The van der Waals surface area contributed by atoms with Crippen LogP contribution in [0.1, 0.15) is 6.42 Å². The molecule has 1 saturated heterocycles. The van der Waals surface area contributed by atoms with E-state index in [1.807, 2.05) is 60.9 Å². The van der Waals surface area contributed by atoms with Crippen LogP contribution in [-0.4, -0.2) is 34.4 Å². The summed E-state index contributed by atoms with van der Waals surface area (Å²) in [6, 6.07) is 19.2. The van der Waals surface area contributed by atoms with Gasteiger partial charge in [-0.15, -0.1) is 11.8 Å². The lowest BCUT2D eigenvalue weighted by atomic mass is 10.1. The molecule has 1 aromatic heterocycles. The number of benzene rings is 2. The standard InChI is InChI=1S/C21H20N4O2S/c1-28-18-9-7-16(8-10-18)24-14-15(13-20(24)26)21(27)22-19-11-12-25(23-19)17-5-3-2-4-6-17/h2-12,15H,13-14H2,1H3,(H,22,23,27). The van der Waals surface area contributed by atoms with Gasteiger partial charge < -0.3 is 10.2 Å². The van der Waals surface area contributed by atoms with Gasteiger partial charge in [-0.05, 0) is 42.7 Å². The van der Waals surface area contributed by atoms with Crippen LogP contribution in [0.4, 0.5) is 11.5 Å². The molecule has 7 heteroatoms. The van der Waals surface area contributed by atoms with Gasteiger partial charge in [0.15, 0.2) is 5.82 Å². The number of carbonyl (C=O) groups excluding carboxylic acids is 2. The molecule has 2 aromatic carbocycles. The predicted octanol–water partition coefficient (Wildman–Crippen LogP) is 3.59. The van der Waals surface area contributed by atoms with Gasteiger partial charge in [-0.1, -0.05) is 18.2 Å². The summed E-state index contributed by atoms with van der Waals surface area (Å²) < 4.78 is 1.70. The van der Waals surface area contributed by atoms with Gasteiger partial charge in [0.1, 0.15) is 0 Å². The highest BCUT2D eigenvalue weighted by molar-refractivity contribution is 7.98. The Labute approximate surface area is 167 Å². The molecule has 3 aromatic rings. The van der Waals surface area contributed by atoms with E-state index in [0.717, 1.165) is 16.3 Å². The predicted molar refractivity (Wildman–Crippen MR) is 111 cm³/mol. The second-order valence-electron chi connectivity index (χ2n) is 6.57. The molecular formula is C21H20N4O2S. The van der Waals surface area contributed by atoms with Crippen molar-refractivity contribution in [3.8, 4) is 5.69 Å². The van der Waals surface area contributed by atoms with Gasteiger partial charge in [-0.3, -0.25) is 9.59 Å². The SMILES string of the molecule is CSc1ccc(N2CC(C(=O)Nc3ccn(-c4ccccc4)n3)CC2=O)cc1. The fraction of sp³-hybridized carbons (Fsp3) is 0.190. The van der Waals surface area contributed by atoms with Crippen molar-refractivity contribution in [2.45, 2.75) is 11.3 Å². The van der Waals surface area contributed by atoms with E-state index in [0.29, 0.717) is 12.4 Å². The van der Waals surface area contributed by atoms with Crippen molar-refractivity contribution in [3.05, 3.63) is 66.9 Å². The van der Waals surface area contributed by atoms with Crippen molar-refractivity contribution in [1.82, 2.24) is 9.78 Å². The fourth-order valence-electron chi connectivity index (χ4n) is 3.24. The average Bonchev–Trinajstić information content (AvgIpc) is 3.35. The van der Waals surface area contributed by atoms with Gasteiger partial charge in [0.05, 0.1) is 11.6 Å². The summed E-state index contributed by atoms with van der Waals surface area (Å²) in [6.45, 7) is 0.378. The summed E-state index contributed by atoms with van der Waals surface area (Å²) in [7, 11) is 0. The quantitative estimate of drug-likeness (QED) is 0.674. The molecule has 0 spiro atoms. The summed E-state index contributed by atoms with van der Waals surface area (Å²) in [5.41, 5.74) is 1.74. The molecule has 1 unspecified atom stereocenters. The minimum absolute atomic E-state index is 0.0353. The maximum Gasteiger partial charge on any atom is 0.231 e. The highest BCUT2D eigenvalue weighted by atomic mass is 32.2. The maximum absolute atomic E-state index is 12.6. The van der Waals surface area contributed by atoms with Gasteiger partial charge in [0, 0.05) is 35.8 Å². The molecule has 1 fully saturated rings. The third-order valence-electron chi connectivity index (χ3n) is 4.74. The van der Waals surface area contributed by atoms with Crippen LogP contribution in [0.25, 0.3) is 5.69 Å². The van der Waals surface area contributed by atoms with Crippen LogP contribution >= 0.6 is 11.8 Å². The van der Waals surface area contributed by atoms with Crippen LogP contribution < -0.4 is 10.2 Å². The second kappa shape index (κ2) is 7.90. The van der Waals surface area contributed by atoms with E-state index in [1.54, 1.807) is 33.6 Å². The number of rotatable bonds is 5. The van der Waals surface area contributed by atoms with E-state index < -0.39 is 5.92 Å². The smallest absolute Gasteiger partial charge is 0.231 e. The first kappa shape index (κ1) is 18.3. The van der Waals surface area contributed by atoms with Crippen molar-refractivity contribution >= 4 is 35.1 Å². The van der Waals surface area contributed by atoms with Gasteiger partial charge >= 0.3 is 0 Å². The molecule has 2 amide bonds. The van der Waals surface area contributed by atoms with Crippen molar-refractivity contribution in [2.24, 2.45) is 5.92 Å². The van der Waals surface area contributed by atoms with Crippen LogP contribution in [0.15, 0.2) is 71.8 Å². The molecule has 1 atom stereocenters. The van der Waals surface area contributed by atoms with E-state index in [4.69, 9.17) is 0 Å². The van der Waals surface area contributed by atoms with Crippen LogP contribution in [0, 0.1) is 5.92 Å². The Bertz CT molecular complexity index is 985. The topological polar surface area (TPSA) is 67.2 Å². The van der Waals surface area contributed by atoms with Gasteiger partial charge in [0.2, 0.25) is 11.8 Å². The molecule has 0 radical (unpaired) electrons. The van der Waals surface area contributed by atoms with E-state index in [2.05, 4.69) is 10.4 Å². The number of anilines is 2. The first-order chi connectivity index (χ1) is 13.6. The van der Waals surface area contributed by atoms with Crippen molar-refractivity contribution < 1.29 is 9.59 Å². The molecule has 6 nitrogen and oxygen atoms in total. The monoisotopic (exact) mass is 392 g/mol. The van der Waals surface area contributed by atoms with Crippen LogP contribution in [0.5, 0.6) is 0 Å². The van der Waals surface area contributed by atoms with E-state index in [9.17, 15) is 9.59 Å². The highest BCUT2D eigenvalue weighted by Crippen LogP contribution is 2.27. The fourth-order valence-corrected chi connectivity index (χ4v) is 3.65. The van der Waals surface area contributed by atoms with Crippen molar-refractivity contribution in [2.75, 3.05) is 23.0 Å². The molecule has 1 aliphatic rings. The van der Waals surface area contributed by atoms with E-state index >= 15 is 0 Å². The minimum atomic E-state index is -0.394. The number of aromatic nitrogens is 2. The van der Waals surface area contributed by atoms with E-state index in [1.165, 1.54) is 0 Å². The first-order valence-corrected chi connectivity index (χ1v) is 10.2. The Morgan fingerprint density at radius 1 is 1.07 bits per heavy atom. The minimum Gasteiger partial charge on any atom is -0.312 e. The molecule has 142 valence electrons. The Kier molecular flexibility index (Phi) is 5.16. The lowest BCUT2D eigenvalue weighted by molar-refractivity contribution is -0.122. The number of hydrogen-bond donors (Lipinski definition) is 1. The number of thioether (sulfide) groups is 1. The molecule has 1 N–H and O–H groups in total. The Morgan fingerprint density at radius 2 is 1.82 bits per heavy atom. The Morgan fingerprint density at radius 3 is 2.54 bits per heavy atom. The Hall–Kier alpha value is -3.06. The number of nitrogens with zero attached hydrogens (tertiary/aromatic N) is 3. The Balaban J connectivity index is 1.41. The number of nitrogens with one attached hydrogen (secondary N) is 1. The summed E-state index contributed by atoms with van der Waals surface area (Å²) in [5, 5.41) is 7.22. The van der Waals surface area contributed by atoms with Crippen LogP contribution in [0.3, 0.4) is 0 Å². The lowest BCUT2D eigenvalue weighted by Gasteiger charge is -2.16. The third kappa shape index (κ3) is 3.80. The van der Waals surface area contributed by atoms with Crippen molar-refractivity contribution in [1.29, 1.82) is 0 Å². The molecule has 2 heterocycles.